The largest absolute Gasteiger partial charge is 0.463 e. The molecule has 0 aromatic heterocycles. The molecule has 0 aliphatic carbocycles. The van der Waals surface area contributed by atoms with Crippen molar-refractivity contribution < 1.29 is 95.2 Å². The van der Waals surface area contributed by atoms with Gasteiger partial charge in [-0.2, -0.15) is 10.5 Å². The predicted molar refractivity (Wildman–Crippen MR) is 181 cm³/mol. The maximum absolute atomic E-state index is 12.3. The average Bonchev–Trinajstić information content (AvgIpc) is 3.10. The van der Waals surface area contributed by atoms with Gasteiger partial charge in [-0.15, -0.1) is 0 Å². The third kappa shape index (κ3) is 12.5. The van der Waals surface area contributed by atoms with Crippen molar-refractivity contribution in [1.82, 2.24) is 0 Å². The molecule has 0 bridgehead atoms. The van der Waals surface area contributed by atoms with Gasteiger partial charge in [0.2, 0.25) is 24.8 Å². The van der Waals surface area contributed by atoms with Gasteiger partial charge in [-0.05, 0) is 12.1 Å². The van der Waals surface area contributed by atoms with E-state index in [1.807, 2.05) is 0 Å². The zero-order valence-corrected chi connectivity index (χ0v) is 32.4. The van der Waals surface area contributed by atoms with Gasteiger partial charge in [0, 0.05) is 55.4 Å². The number of nitrogens with zero attached hydrogens (tertiary/aromatic N) is 2. The zero-order valence-electron chi connectivity index (χ0n) is 32.4. The number of carbonyl (C=O) groups excluding carboxylic acids is 8. The lowest BCUT2D eigenvalue weighted by Gasteiger charge is -2.44. The molecule has 1 aromatic carbocycles. The van der Waals surface area contributed by atoms with Gasteiger partial charge in [0.1, 0.15) is 60.2 Å². The molecule has 1 aromatic rings. The number of hydrogen-bond acceptors (Lipinski definition) is 22. The van der Waals surface area contributed by atoms with Crippen LogP contribution in [-0.4, -0.2) is 122 Å². The van der Waals surface area contributed by atoms with Crippen LogP contribution in [0.4, 0.5) is 0 Å². The predicted octanol–water partition coefficient (Wildman–Crippen LogP) is 0.354. The molecular formula is C36H40N2O20. The third-order valence-electron chi connectivity index (χ3n) is 7.74. The van der Waals surface area contributed by atoms with Gasteiger partial charge in [-0.25, -0.2) is 0 Å². The van der Waals surface area contributed by atoms with E-state index in [0.717, 1.165) is 67.5 Å². The lowest BCUT2D eigenvalue weighted by Crippen LogP contribution is -2.63. The summed E-state index contributed by atoms with van der Waals surface area (Å²) in [6, 6.07) is 5.79. The zero-order chi connectivity index (χ0) is 43.4. The first-order chi connectivity index (χ1) is 27.2. The Hall–Kier alpha value is -6.52. The Morgan fingerprint density at radius 2 is 0.741 bits per heavy atom. The summed E-state index contributed by atoms with van der Waals surface area (Å²) in [5.41, 5.74) is -1.06. The highest BCUT2D eigenvalue weighted by atomic mass is 16.7. The summed E-state index contributed by atoms with van der Waals surface area (Å²) < 4.78 is 66.2. The summed E-state index contributed by atoms with van der Waals surface area (Å²) in [6.07, 6.45) is -16.1. The van der Waals surface area contributed by atoms with Crippen LogP contribution in [0, 0.1) is 22.7 Å². The van der Waals surface area contributed by atoms with Crippen LogP contribution >= 0.6 is 0 Å². The molecule has 0 unspecified atom stereocenters. The smallest absolute Gasteiger partial charge is 0.303 e. The van der Waals surface area contributed by atoms with Crippen molar-refractivity contribution in [2.24, 2.45) is 0 Å². The van der Waals surface area contributed by atoms with Crippen LogP contribution < -0.4 is 9.47 Å². The topological polar surface area (TPSA) is 295 Å². The van der Waals surface area contributed by atoms with Gasteiger partial charge in [0.15, 0.2) is 24.4 Å². The molecule has 3 rings (SSSR count). The van der Waals surface area contributed by atoms with Crippen LogP contribution in [0.3, 0.4) is 0 Å². The first kappa shape index (κ1) is 45.9. The summed E-state index contributed by atoms with van der Waals surface area (Å²) >= 11 is 0. The summed E-state index contributed by atoms with van der Waals surface area (Å²) in [5.74, 6) is -7.83. The normalized spacial score (nSPS) is 26.1. The highest BCUT2D eigenvalue weighted by Gasteiger charge is 2.55. The van der Waals surface area contributed by atoms with Gasteiger partial charge in [-0.3, -0.25) is 38.4 Å². The number of hydrogen-bond donors (Lipinski definition) is 0. The Labute approximate surface area is 330 Å². The second kappa shape index (κ2) is 20.6. The van der Waals surface area contributed by atoms with E-state index in [2.05, 4.69) is 0 Å². The standard InChI is InChI=1S/C36H40N2O20/c1-15(39)47-13-27-29(49-17(3)41)31(51-19(5)43)33(53-21(7)45)35(57-27)55-25-9-10-26(24(12-38)23(25)11-37)56-36-34(54-22(8)46)32(52-20(6)44)30(50-18(4)42)28(58-36)14-48-16(2)40/h9-10,27-36H,13-14H2,1-8H3/t27-,28-,29-,30-,31+,32+,33-,34-,35-,36-/m1/s1. The van der Waals surface area contributed by atoms with E-state index in [1.54, 1.807) is 12.1 Å². The van der Waals surface area contributed by atoms with Crippen molar-refractivity contribution in [1.29, 1.82) is 10.5 Å². The molecule has 0 amide bonds. The van der Waals surface area contributed by atoms with Crippen LogP contribution in [0.5, 0.6) is 11.5 Å². The summed E-state index contributed by atoms with van der Waals surface area (Å²) in [4.78, 5) is 96.7. The van der Waals surface area contributed by atoms with Crippen LogP contribution in [0.25, 0.3) is 0 Å². The van der Waals surface area contributed by atoms with Gasteiger partial charge < -0.3 is 56.8 Å². The molecular weight excluding hydrogens is 780 g/mol. The fourth-order valence-electron chi connectivity index (χ4n) is 5.80. The van der Waals surface area contributed by atoms with Gasteiger partial charge in [0.25, 0.3) is 0 Å². The van der Waals surface area contributed by atoms with E-state index in [9.17, 15) is 48.9 Å². The van der Waals surface area contributed by atoms with Crippen LogP contribution in [0.15, 0.2) is 12.1 Å². The Morgan fingerprint density at radius 1 is 0.466 bits per heavy atom. The third-order valence-corrected chi connectivity index (χ3v) is 7.74. The highest BCUT2D eigenvalue weighted by Crippen LogP contribution is 2.37. The molecule has 10 atom stereocenters. The molecule has 22 nitrogen and oxygen atoms in total. The number of nitriles is 2. The van der Waals surface area contributed by atoms with E-state index in [1.165, 1.54) is 0 Å². The van der Waals surface area contributed by atoms with Crippen LogP contribution in [0.1, 0.15) is 66.5 Å². The number of ether oxygens (including phenoxy) is 12. The number of rotatable bonds is 14. The molecule has 22 heteroatoms. The molecule has 2 fully saturated rings. The van der Waals surface area contributed by atoms with Gasteiger partial charge in [0.05, 0.1) is 0 Å². The van der Waals surface area contributed by atoms with Gasteiger partial charge in [-0.1, -0.05) is 0 Å². The summed E-state index contributed by atoms with van der Waals surface area (Å²) in [7, 11) is 0. The SMILES string of the molecule is CC(=O)OC[C@H]1O[C@@H](Oc2ccc(O[C@@H]3O[C@H](COC(C)=O)[C@@H](OC(C)=O)[C@H](OC(C)=O)[C@H]3OC(C)=O)c(C#N)c2C#N)[C@H](OC(C)=O)[C@@H](OC(C)=O)[C@@H]1OC(C)=O. The number of carbonyl (C=O) groups is 8. The molecule has 2 saturated heterocycles. The van der Waals surface area contributed by atoms with Crippen molar-refractivity contribution in [3.8, 4) is 23.6 Å². The second-order valence-electron chi connectivity index (χ2n) is 12.4. The summed E-state index contributed by atoms with van der Waals surface area (Å²) in [6.45, 7) is 7.08. The minimum atomic E-state index is -1.80. The lowest BCUT2D eigenvalue weighted by molar-refractivity contribution is -0.289. The Morgan fingerprint density at radius 3 is 1.00 bits per heavy atom. The molecule has 2 heterocycles. The molecule has 58 heavy (non-hydrogen) atoms. The van der Waals surface area contributed by atoms with Crippen molar-refractivity contribution in [3.63, 3.8) is 0 Å². The molecule has 2 aliphatic heterocycles. The lowest BCUT2D eigenvalue weighted by atomic mass is 9.97. The fourth-order valence-corrected chi connectivity index (χ4v) is 5.80. The van der Waals surface area contributed by atoms with Gasteiger partial charge >= 0.3 is 47.8 Å². The monoisotopic (exact) mass is 820 g/mol. The van der Waals surface area contributed by atoms with Crippen molar-refractivity contribution in [2.75, 3.05) is 13.2 Å². The molecule has 0 saturated carbocycles. The van der Waals surface area contributed by atoms with E-state index in [4.69, 9.17) is 56.8 Å². The molecule has 0 radical (unpaired) electrons. The minimum absolute atomic E-state index is 0.408. The van der Waals surface area contributed by atoms with Crippen molar-refractivity contribution >= 4 is 47.8 Å². The van der Waals surface area contributed by atoms with E-state index < -0.39 is 145 Å². The Balaban J connectivity index is 2.14. The van der Waals surface area contributed by atoms with Crippen LogP contribution in [-0.2, 0) is 85.7 Å². The maximum Gasteiger partial charge on any atom is 0.303 e. The minimum Gasteiger partial charge on any atom is -0.463 e. The average molecular weight is 821 g/mol. The first-order valence-corrected chi connectivity index (χ1v) is 17.2. The first-order valence-electron chi connectivity index (χ1n) is 17.2. The van der Waals surface area contributed by atoms with E-state index in [0.29, 0.717) is 0 Å². The Kier molecular flexibility index (Phi) is 16.3. The molecule has 2 aliphatic rings. The fraction of sp³-hybridized carbons (Fsp3) is 0.556. The Bertz CT molecular complexity index is 1720. The van der Waals surface area contributed by atoms with Crippen LogP contribution in [0.2, 0.25) is 0 Å². The van der Waals surface area contributed by atoms with Crippen molar-refractivity contribution in [2.45, 2.75) is 117 Å². The van der Waals surface area contributed by atoms with E-state index >= 15 is 0 Å². The number of esters is 8. The molecule has 0 N–H and O–H groups in total. The molecule has 0 spiro atoms. The number of benzene rings is 1. The molecule has 314 valence electrons. The summed E-state index contributed by atoms with van der Waals surface area (Å²) in [5, 5.41) is 20.6. The maximum atomic E-state index is 12.3. The quantitative estimate of drug-likeness (QED) is 0.181. The van der Waals surface area contributed by atoms with E-state index in [-0.39, 0.29) is 0 Å². The van der Waals surface area contributed by atoms with Crippen molar-refractivity contribution in [3.05, 3.63) is 23.3 Å². The second-order valence-corrected chi connectivity index (χ2v) is 12.4. The highest BCUT2D eigenvalue weighted by molar-refractivity contribution is 5.70.